The molecule has 1 amide bonds. The van der Waals surface area contributed by atoms with E-state index in [4.69, 9.17) is 9.51 Å². The van der Waals surface area contributed by atoms with Gasteiger partial charge < -0.3 is 19.3 Å². The monoisotopic (exact) mass is 541 g/mol. The lowest BCUT2D eigenvalue weighted by Crippen LogP contribution is -2.53. The third kappa shape index (κ3) is 4.91. The van der Waals surface area contributed by atoms with Crippen LogP contribution in [-0.4, -0.2) is 64.2 Å². The predicted molar refractivity (Wildman–Crippen MR) is 147 cm³/mol. The highest BCUT2D eigenvalue weighted by Crippen LogP contribution is 2.29. The summed E-state index contributed by atoms with van der Waals surface area (Å²) in [6.45, 7) is 6.06. The van der Waals surface area contributed by atoms with Gasteiger partial charge in [-0.2, -0.15) is 4.98 Å². The Labute approximate surface area is 230 Å². The SMILES string of the molecule is Cc1nc(-c2ccc(NCc3nc4cc([C@@](C)(NCc5nnn[nH]5)C(=O)N5CCCC5)ccc4n3C)cc2)no1. The molecule has 13 nitrogen and oxygen atoms in total. The number of fused-ring (bicyclic) bond motifs is 1. The maximum Gasteiger partial charge on any atom is 0.247 e. The molecule has 1 aliphatic heterocycles. The van der Waals surface area contributed by atoms with Gasteiger partial charge in [0.05, 0.1) is 24.1 Å². The maximum absolute atomic E-state index is 13.8. The summed E-state index contributed by atoms with van der Waals surface area (Å²) < 4.78 is 7.14. The van der Waals surface area contributed by atoms with Crippen LogP contribution in [0.4, 0.5) is 5.69 Å². The second-order valence-corrected chi connectivity index (χ2v) is 10.2. The van der Waals surface area contributed by atoms with Crippen LogP contribution >= 0.6 is 0 Å². The van der Waals surface area contributed by atoms with Gasteiger partial charge in [0.1, 0.15) is 11.4 Å². The summed E-state index contributed by atoms with van der Waals surface area (Å²) in [6.07, 6.45) is 2.03. The summed E-state index contributed by atoms with van der Waals surface area (Å²) in [4.78, 5) is 24.9. The quantitative estimate of drug-likeness (QED) is 0.254. The zero-order valence-corrected chi connectivity index (χ0v) is 22.7. The van der Waals surface area contributed by atoms with Crippen LogP contribution in [0.15, 0.2) is 47.0 Å². The van der Waals surface area contributed by atoms with E-state index < -0.39 is 5.54 Å². The van der Waals surface area contributed by atoms with E-state index in [1.54, 1.807) is 6.92 Å². The Balaban J connectivity index is 1.23. The van der Waals surface area contributed by atoms with E-state index in [0.29, 0.717) is 30.6 Å². The van der Waals surface area contributed by atoms with E-state index in [1.807, 2.05) is 61.3 Å². The summed E-state index contributed by atoms with van der Waals surface area (Å²) in [5.74, 6) is 2.57. The first-order valence-corrected chi connectivity index (χ1v) is 13.3. The molecular weight excluding hydrogens is 510 g/mol. The molecule has 1 saturated heterocycles. The highest BCUT2D eigenvalue weighted by atomic mass is 16.5. The topological polar surface area (TPSA) is 156 Å². The van der Waals surface area contributed by atoms with Crippen LogP contribution < -0.4 is 10.6 Å². The van der Waals surface area contributed by atoms with Crippen LogP contribution in [0.5, 0.6) is 0 Å². The number of tetrazole rings is 1. The van der Waals surface area contributed by atoms with Crippen molar-refractivity contribution >= 4 is 22.6 Å². The smallest absolute Gasteiger partial charge is 0.247 e. The fourth-order valence-electron chi connectivity index (χ4n) is 5.11. The highest BCUT2D eigenvalue weighted by molar-refractivity contribution is 5.89. The molecule has 0 spiro atoms. The van der Waals surface area contributed by atoms with Gasteiger partial charge in [-0.3, -0.25) is 10.1 Å². The predicted octanol–water partition coefficient (Wildman–Crippen LogP) is 2.68. The lowest BCUT2D eigenvalue weighted by molar-refractivity contribution is -0.137. The first-order chi connectivity index (χ1) is 19.4. The van der Waals surface area contributed by atoms with Crippen molar-refractivity contribution in [3.63, 3.8) is 0 Å². The van der Waals surface area contributed by atoms with Crippen molar-refractivity contribution in [1.29, 1.82) is 0 Å². The van der Waals surface area contributed by atoms with Crippen LogP contribution in [0.25, 0.3) is 22.4 Å². The van der Waals surface area contributed by atoms with Crippen LogP contribution in [0.1, 0.15) is 42.9 Å². The van der Waals surface area contributed by atoms with Gasteiger partial charge in [0.15, 0.2) is 5.82 Å². The fourth-order valence-corrected chi connectivity index (χ4v) is 5.11. The minimum absolute atomic E-state index is 0.0362. The van der Waals surface area contributed by atoms with Crippen molar-refractivity contribution in [3.05, 3.63) is 65.6 Å². The molecule has 0 bridgehead atoms. The van der Waals surface area contributed by atoms with Crippen molar-refractivity contribution in [1.82, 2.24) is 50.5 Å². The van der Waals surface area contributed by atoms with Crippen LogP contribution in [0.2, 0.25) is 0 Å². The normalized spacial score (nSPS) is 15.0. The number of H-pyrrole nitrogens is 1. The number of rotatable bonds is 9. The van der Waals surface area contributed by atoms with E-state index in [2.05, 4.69) is 46.0 Å². The number of carbonyl (C=O) groups is 1. The lowest BCUT2D eigenvalue weighted by Gasteiger charge is -2.34. The third-order valence-electron chi connectivity index (χ3n) is 7.49. The molecule has 0 aliphatic carbocycles. The van der Waals surface area contributed by atoms with Crippen LogP contribution in [0, 0.1) is 6.92 Å². The van der Waals surface area contributed by atoms with Gasteiger partial charge >= 0.3 is 0 Å². The van der Waals surface area contributed by atoms with E-state index in [1.165, 1.54) is 0 Å². The summed E-state index contributed by atoms with van der Waals surface area (Å²) in [6, 6.07) is 13.9. The Morgan fingerprint density at radius 1 is 1.10 bits per heavy atom. The van der Waals surface area contributed by atoms with E-state index in [0.717, 1.165) is 59.6 Å². The summed E-state index contributed by atoms with van der Waals surface area (Å²) in [5, 5.41) is 24.8. The minimum atomic E-state index is -0.972. The summed E-state index contributed by atoms with van der Waals surface area (Å²) >= 11 is 0. The summed E-state index contributed by atoms with van der Waals surface area (Å²) in [5.41, 5.74) is 3.51. The average Bonchev–Trinajstić information content (AvgIpc) is 3.79. The number of carbonyl (C=O) groups excluding carboxylic acids is 1. The molecule has 0 unspecified atom stereocenters. The molecule has 0 saturated carbocycles. The van der Waals surface area contributed by atoms with Gasteiger partial charge in [-0.05, 0) is 72.2 Å². The first kappa shape index (κ1) is 25.6. The van der Waals surface area contributed by atoms with Crippen molar-refractivity contribution in [2.45, 2.75) is 45.3 Å². The Bertz CT molecular complexity index is 1620. The third-order valence-corrected chi connectivity index (χ3v) is 7.49. The number of benzene rings is 2. The molecule has 1 aliphatic rings. The number of aromatic amines is 1. The van der Waals surface area contributed by atoms with Crippen molar-refractivity contribution < 1.29 is 9.32 Å². The molecule has 13 heteroatoms. The van der Waals surface area contributed by atoms with Gasteiger partial charge in [-0.25, -0.2) is 10.1 Å². The number of anilines is 1. The molecule has 4 heterocycles. The number of nitrogens with one attached hydrogen (secondary N) is 3. The molecule has 206 valence electrons. The van der Waals surface area contributed by atoms with Gasteiger partial charge in [-0.1, -0.05) is 11.2 Å². The molecule has 1 atom stereocenters. The Hall–Kier alpha value is -4.65. The largest absolute Gasteiger partial charge is 0.378 e. The Morgan fingerprint density at radius 2 is 1.90 bits per heavy atom. The Kier molecular flexibility index (Phi) is 6.72. The van der Waals surface area contributed by atoms with Gasteiger partial charge in [0.2, 0.25) is 17.6 Å². The van der Waals surface area contributed by atoms with Crippen LogP contribution in [-0.2, 0) is 30.5 Å². The first-order valence-electron chi connectivity index (χ1n) is 13.3. The molecule has 3 N–H and O–H groups in total. The van der Waals surface area contributed by atoms with Gasteiger partial charge in [0.25, 0.3) is 0 Å². The molecule has 0 radical (unpaired) electrons. The molecular formula is C27H31N11O2. The number of hydrogen-bond acceptors (Lipinski definition) is 10. The molecule has 3 aromatic heterocycles. The number of imidazole rings is 1. The molecule has 2 aromatic carbocycles. The van der Waals surface area contributed by atoms with Crippen LogP contribution in [0.3, 0.4) is 0 Å². The standard InChI is InChI=1S/C27H31N11O2/c1-17-30-25(34-40-17)18-6-9-20(10-7-18)28-16-24-31-21-14-19(8-11-22(21)37(24)3)27(2,26(39)38-12-4-5-13-38)29-15-23-32-35-36-33-23/h6-11,14,28-29H,4-5,12-13,15-16H2,1-3H3,(H,32,33,35,36)/t27-/m1/s1. The second kappa shape index (κ2) is 10.5. The van der Waals surface area contributed by atoms with Crippen molar-refractivity contribution in [3.8, 4) is 11.4 Å². The van der Waals surface area contributed by atoms with Crippen molar-refractivity contribution in [2.24, 2.45) is 7.05 Å². The molecule has 1 fully saturated rings. The molecule has 6 rings (SSSR count). The van der Waals surface area contributed by atoms with E-state index in [-0.39, 0.29) is 5.91 Å². The van der Waals surface area contributed by atoms with Gasteiger partial charge in [0, 0.05) is 38.3 Å². The Morgan fingerprint density at radius 3 is 2.60 bits per heavy atom. The number of aryl methyl sites for hydroxylation is 2. The number of likely N-dealkylation sites (tertiary alicyclic amines) is 1. The minimum Gasteiger partial charge on any atom is -0.378 e. The summed E-state index contributed by atoms with van der Waals surface area (Å²) in [7, 11) is 2.00. The van der Waals surface area contributed by atoms with Gasteiger partial charge in [-0.15, -0.1) is 5.10 Å². The zero-order valence-electron chi connectivity index (χ0n) is 22.7. The highest BCUT2D eigenvalue weighted by Gasteiger charge is 2.39. The van der Waals surface area contributed by atoms with E-state index in [9.17, 15) is 4.79 Å². The molecule has 40 heavy (non-hydrogen) atoms. The maximum atomic E-state index is 13.8. The van der Waals surface area contributed by atoms with E-state index >= 15 is 0 Å². The number of nitrogens with zero attached hydrogens (tertiary/aromatic N) is 8. The fraction of sp³-hybridized carbons (Fsp3) is 0.370. The molecule has 5 aromatic rings. The second-order valence-electron chi connectivity index (χ2n) is 10.2. The number of aromatic nitrogens is 8. The average molecular weight is 542 g/mol. The lowest BCUT2D eigenvalue weighted by atomic mass is 9.89. The number of amides is 1. The van der Waals surface area contributed by atoms with Crippen molar-refractivity contribution in [2.75, 3.05) is 18.4 Å². The number of hydrogen-bond donors (Lipinski definition) is 3. The zero-order chi connectivity index (χ0) is 27.7.